The van der Waals surface area contributed by atoms with Gasteiger partial charge in [-0.05, 0) is 45.4 Å². The number of ether oxygens (including phenoxy) is 2. The van der Waals surface area contributed by atoms with Gasteiger partial charge in [0.25, 0.3) is 0 Å². The quantitative estimate of drug-likeness (QED) is 0.755. The van der Waals surface area contributed by atoms with Crippen LogP contribution >= 0.6 is 0 Å². The minimum absolute atomic E-state index is 0.0328. The van der Waals surface area contributed by atoms with Gasteiger partial charge in [0.2, 0.25) is 0 Å². The Balaban J connectivity index is 1.68. The summed E-state index contributed by atoms with van der Waals surface area (Å²) < 4.78 is 25.5. The van der Waals surface area contributed by atoms with Gasteiger partial charge in [-0.25, -0.2) is 9.18 Å². The van der Waals surface area contributed by atoms with E-state index in [0.29, 0.717) is 32.8 Å². The molecule has 2 aliphatic heterocycles. The average molecular weight is 375 g/mol. The van der Waals surface area contributed by atoms with E-state index in [4.69, 9.17) is 14.7 Å². The first-order chi connectivity index (χ1) is 12.6. The fraction of sp³-hybridized carbons (Fsp3) is 0.600. The van der Waals surface area contributed by atoms with E-state index >= 15 is 0 Å². The van der Waals surface area contributed by atoms with Gasteiger partial charge in [0.05, 0.1) is 23.8 Å². The molecule has 0 bridgehead atoms. The average Bonchev–Trinajstić information content (AvgIpc) is 2.59. The van der Waals surface area contributed by atoms with E-state index < -0.39 is 11.4 Å². The summed E-state index contributed by atoms with van der Waals surface area (Å²) in [6.45, 7) is 10.5. The fourth-order valence-electron chi connectivity index (χ4n) is 3.59. The Kier molecular flexibility index (Phi) is 5.15. The molecule has 0 aliphatic carbocycles. The van der Waals surface area contributed by atoms with E-state index in [1.165, 1.54) is 12.1 Å². The lowest BCUT2D eigenvalue weighted by Gasteiger charge is -2.52. The van der Waals surface area contributed by atoms with Crippen LogP contribution in [-0.2, 0) is 9.47 Å². The number of hydrogen-bond donors (Lipinski definition) is 0. The van der Waals surface area contributed by atoms with E-state index in [-0.39, 0.29) is 23.3 Å². The molecule has 2 fully saturated rings. The van der Waals surface area contributed by atoms with Gasteiger partial charge in [-0.1, -0.05) is 6.07 Å². The summed E-state index contributed by atoms with van der Waals surface area (Å²) in [5.74, 6) is -0.526. The first kappa shape index (κ1) is 19.6. The van der Waals surface area contributed by atoms with Gasteiger partial charge in [0.1, 0.15) is 17.5 Å². The van der Waals surface area contributed by atoms with Gasteiger partial charge in [0.15, 0.2) is 0 Å². The number of fused-ring (bicyclic) bond motifs is 1. The molecule has 6 nitrogen and oxygen atoms in total. The molecule has 3 rings (SSSR count). The molecule has 2 heterocycles. The van der Waals surface area contributed by atoms with Gasteiger partial charge in [-0.3, -0.25) is 4.90 Å². The smallest absolute Gasteiger partial charge is 0.410 e. The van der Waals surface area contributed by atoms with Crippen molar-refractivity contribution in [3.8, 4) is 6.07 Å². The van der Waals surface area contributed by atoms with E-state index in [0.717, 1.165) is 5.56 Å². The predicted octanol–water partition coefficient (Wildman–Crippen LogP) is 3.08. The van der Waals surface area contributed by atoms with Crippen molar-refractivity contribution >= 4 is 6.09 Å². The molecule has 0 saturated carbocycles. The molecular formula is C20H26FN3O3. The van der Waals surface area contributed by atoms with Crippen LogP contribution in [-0.4, -0.2) is 59.8 Å². The SMILES string of the molecule is CC(C)(C)OC(=O)N1CCN2CC(c3ccc(C#N)c(F)c3)OC[C@@]2(C)C1. The number of halogens is 1. The molecule has 1 amide bonds. The third-order valence-electron chi connectivity index (χ3n) is 5.05. The van der Waals surface area contributed by atoms with Gasteiger partial charge in [-0.15, -0.1) is 0 Å². The minimum atomic E-state index is -0.526. The van der Waals surface area contributed by atoms with Crippen molar-refractivity contribution in [1.29, 1.82) is 5.26 Å². The zero-order valence-corrected chi connectivity index (χ0v) is 16.3. The predicted molar refractivity (Wildman–Crippen MR) is 97.6 cm³/mol. The third kappa shape index (κ3) is 4.23. The number of benzene rings is 1. The molecule has 27 heavy (non-hydrogen) atoms. The van der Waals surface area contributed by atoms with Gasteiger partial charge >= 0.3 is 6.09 Å². The Morgan fingerprint density at radius 3 is 2.78 bits per heavy atom. The molecule has 146 valence electrons. The molecule has 2 aliphatic rings. The number of morpholine rings is 1. The summed E-state index contributed by atoms with van der Waals surface area (Å²) in [7, 11) is 0. The van der Waals surface area contributed by atoms with Crippen molar-refractivity contribution < 1.29 is 18.7 Å². The van der Waals surface area contributed by atoms with Crippen molar-refractivity contribution in [3.63, 3.8) is 0 Å². The molecule has 1 aromatic carbocycles. The maximum atomic E-state index is 13.9. The van der Waals surface area contributed by atoms with E-state index in [9.17, 15) is 9.18 Å². The Morgan fingerprint density at radius 1 is 1.41 bits per heavy atom. The Labute approximate surface area is 159 Å². The molecule has 2 saturated heterocycles. The molecule has 2 atom stereocenters. The lowest BCUT2D eigenvalue weighted by Crippen LogP contribution is -2.67. The molecule has 0 radical (unpaired) electrons. The van der Waals surface area contributed by atoms with Crippen LogP contribution in [0.4, 0.5) is 9.18 Å². The van der Waals surface area contributed by atoms with Crippen LogP contribution in [0.15, 0.2) is 18.2 Å². The summed E-state index contributed by atoms with van der Waals surface area (Å²) in [6.07, 6.45) is -0.562. The highest BCUT2D eigenvalue weighted by Gasteiger charge is 2.44. The zero-order valence-electron chi connectivity index (χ0n) is 16.3. The third-order valence-corrected chi connectivity index (χ3v) is 5.05. The number of piperazine rings is 1. The van der Waals surface area contributed by atoms with E-state index in [1.54, 1.807) is 11.0 Å². The zero-order chi connectivity index (χ0) is 19.8. The first-order valence-electron chi connectivity index (χ1n) is 9.15. The second-order valence-corrected chi connectivity index (χ2v) is 8.50. The standard InChI is InChI=1S/C20H26FN3O3/c1-19(2,3)27-18(25)23-7-8-24-11-17(26-13-20(24,4)12-23)14-5-6-15(10-22)16(21)9-14/h5-6,9,17H,7-8,11-13H2,1-4H3/t17?,20-/m1/s1. The molecular weight excluding hydrogens is 349 g/mol. The lowest BCUT2D eigenvalue weighted by atomic mass is 9.93. The van der Waals surface area contributed by atoms with Crippen molar-refractivity contribution in [1.82, 2.24) is 9.80 Å². The number of rotatable bonds is 1. The number of carbonyl (C=O) groups excluding carboxylic acids is 1. The molecule has 0 aromatic heterocycles. The minimum Gasteiger partial charge on any atom is -0.444 e. The molecule has 1 aromatic rings. The molecule has 7 heteroatoms. The second-order valence-electron chi connectivity index (χ2n) is 8.50. The van der Waals surface area contributed by atoms with Gasteiger partial charge < -0.3 is 14.4 Å². The number of nitrogens with zero attached hydrogens (tertiary/aromatic N) is 3. The van der Waals surface area contributed by atoms with Crippen molar-refractivity contribution in [2.45, 2.75) is 44.9 Å². The second kappa shape index (κ2) is 7.10. The van der Waals surface area contributed by atoms with E-state index in [1.807, 2.05) is 26.8 Å². The molecule has 0 N–H and O–H groups in total. The van der Waals surface area contributed by atoms with Crippen molar-refractivity contribution in [2.75, 3.05) is 32.8 Å². The largest absolute Gasteiger partial charge is 0.444 e. The highest BCUT2D eigenvalue weighted by molar-refractivity contribution is 5.68. The Bertz CT molecular complexity index is 771. The highest BCUT2D eigenvalue weighted by atomic mass is 19.1. The number of nitriles is 1. The summed E-state index contributed by atoms with van der Waals surface area (Å²) in [5.41, 5.74) is -0.0757. The fourth-order valence-corrected chi connectivity index (χ4v) is 3.59. The van der Waals surface area contributed by atoms with Crippen molar-refractivity contribution in [3.05, 3.63) is 35.1 Å². The Morgan fingerprint density at radius 2 is 2.15 bits per heavy atom. The molecule has 1 unspecified atom stereocenters. The maximum Gasteiger partial charge on any atom is 0.410 e. The van der Waals surface area contributed by atoms with Gasteiger partial charge in [0, 0.05) is 26.2 Å². The normalized spacial score (nSPS) is 26.2. The number of carbonyl (C=O) groups is 1. The van der Waals surface area contributed by atoms with Crippen molar-refractivity contribution in [2.24, 2.45) is 0 Å². The lowest BCUT2D eigenvalue weighted by molar-refractivity contribution is -0.133. The molecule has 0 spiro atoms. The summed E-state index contributed by atoms with van der Waals surface area (Å²) in [5, 5.41) is 8.88. The summed E-state index contributed by atoms with van der Waals surface area (Å²) in [6, 6.07) is 6.44. The summed E-state index contributed by atoms with van der Waals surface area (Å²) in [4.78, 5) is 16.4. The Hall–Kier alpha value is -2.17. The monoisotopic (exact) mass is 375 g/mol. The first-order valence-corrected chi connectivity index (χ1v) is 9.15. The summed E-state index contributed by atoms with van der Waals surface area (Å²) >= 11 is 0. The maximum absolute atomic E-state index is 13.9. The van der Waals surface area contributed by atoms with Crippen LogP contribution in [0, 0.1) is 17.1 Å². The van der Waals surface area contributed by atoms with E-state index in [2.05, 4.69) is 11.8 Å². The number of amides is 1. The van der Waals surface area contributed by atoms with Crippen LogP contribution in [0.1, 0.15) is 44.9 Å². The number of hydrogen-bond acceptors (Lipinski definition) is 5. The topological polar surface area (TPSA) is 65.8 Å². The van der Waals surface area contributed by atoms with Crippen LogP contribution in [0.25, 0.3) is 0 Å². The van der Waals surface area contributed by atoms with Gasteiger partial charge in [-0.2, -0.15) is 5.26 Å². The van der Waals surface area contributed by atoms with Crippen LogP contribution in [0.3, 0.4) is 0 Å². The van der Waals surface area contributed by atoms with Crippen LogP contribution in [0.2, 0.25) is 0 Å². The highest BCUT2D eigenvalue weighted by Crippen LogP contribution is 2.33. The van der Waals surface area contributed by atoms with Crippen LogP contribution in [0.5, 0.6) is 0 Å². The van der Waals surface area contributed by atoms with Crippen LogP contribution < -0.4 is 0 Å².